The molecule has 1 aromatic rings. The Balaban J connectivity index is 1.86. The van der Waals surface area contributed by atoms with E-state index in [-0.39, 0.29) is 17.9 Å². The van der Waals surface area contributed by atoms with Crippen molar-refractivity contribution < 1.29 is 14.0 Å². The number of amides is 2. The second-order valence-electron chi connectivity index (χ2n) is 4.99. The maximum atomic E-state index is 13.1. The van der Waals surface area contributed by atoms with Crippen LogP contribution >= 0.6 is 0 Å². The molecule has 0 spiro atoms. The van der Waals surface area contributed by atoms with Crippen molar-refractivity contribution in [2.24, 2.45) is 0 Å². The van der Waals surface area contributed by atoms with Gasteiger partial charge in [-0.25, -0.2) is 4.39 Å². The fourth-order valence-electron chi connectivity index (χ4n) is 2.40. The van der Waals surface area contributed by atoms with Crippen molar-refractivity contribution in [3.63, 3.8) is 0 Å². The maximum absolute atomic E-state index is 13.1. The number of nitrogens with one attached hydrogen (secondary N) is 1. The molecule has 1 fully saturated rings. The second kappa shape index (κ2) is 6.50. The number of rotatable bonds is 3. The first-order valence-electron chi connectivity index (χ1n) is 6.94. The Morgan fingerprint density at radius 2 is 2.05 bits per heavy atom. The van der Waals surface area contributed by atoms with Gasteiger partial charge in [0.2, 0.25) is 5.91 Å². The molecule has 0 radical (unpaired) electrons. The van der Waals surface area contributed by atoms with E-state index in [2.05, 4.69) is 5.32 Å². The van der Waals surface area contributed by atoms with E-state index < -0.39 is 5.82 Å². The van der Waals surface area contributed by atoms with E-state index in [9.17, 15) is 14.0 Å². The molecule has 1 saturated heterocycles. The van der Waals surface area contributed by atoms with Gasteiger partial charge in [0.1, 0.15) is 5.82 Å². The Hall–Kier alpha value is -1.91. The summed E-state index contributed by atoms with van der Waals surface area (Å²) in [5.74, 6) is -0.523. The SMILES string of the molecule is CCC(=O)N1CCC(NC(=O)c2cccc(F)c2)CC1. The molecule has 0 saturated carbocycles. The zero-order chi connectivity index (χ0) is 14.5. The summed E-state index contributed by atoms with van der Waals surface area (Å²) in [6.07, 6.45) is 2.00. The third-order valence-electron chi connectivity index (χ3n) is 3.57. The van der Waals surface area contributed by atoms with Crippen LogP contribution in [0, 0.1) is 5.82 Å². The molecule has 20 heavy (non-hydrogen) atoms. The molecule has 0 aliphatic carbocycles. The fourth-order valence-corrected chi connectivity index (χ4v) is 2.40. The molecule has 108 valence electrons. The number of halogens is 1. The van der Waals surface area contributed by atoms with Gasteiger partial charge in [0.05, 0.1) is 0 Å². The van der Waals surface area contributed by atoms with Gasteiger partial charge in [-0.1, -0.05) is 13.0 Å². The van der Waals surface area contributed by atoms with Crippen molar-refractivity contribution in [1.29, 1.82) is 0 Å². The van der Waals surface area contributed by atoms with E-state index in [1.54, 1.807) is 6.07 Å². The second-order valence-corrected chi connectivity index (χ2v) is 4.99. The first-order chi connectivity index (χ1) is 9.60. The zero-order valence-corrected chi connectivity index (χ0v) is 11.6. The van der Waals surface area contributed by atoms with Crippen molar-refractivity contribution in [3.05, 3.63) is 35.6 Å². The minimum atomic E-state index is -0.416. The summed E-state index contributed by atoms with van der Waals surface area (Å²) in [6.45, 7) is 3.18. The lowest BCUT2D eigenvalue weighted by Gasteiger charge is -2.32. The highest BCUT2D eigenvalue weighted by atomic mass is 19.1. The van der Waals surface area contributed by atoms with Crippen LogP contribution in [0.2, 0.25) is 0 Å². The van der Waals surface area contributed by atoms with Crippen LogP contribution in [0.25, 0.3) is 0 Å². The van der Waals surface area contributed by atoms with Crippen LogP contribution in [0.4, 0.5) is 4.39 Å². The quantitative estimate of drug-likeness (QED) is 0.919. The van der Waals surface area contributed by atoms with Gasteiger partial charge in [-0.2, -0.15) is 0 Å². The van der Waals surface area contributed by atoms with Crippen LogP contribution in [-0.4, -0.2) is 35.8 Å². The number of nitrogens with zero attached hydrogens (tertiary/aromatic N) is 1. The summed E-state index contributed by atoms with van der Waals surface area (Å²) >= 11 is 0. The molecule has 0 unspecified atom stereocenters. The van der Waals surface area contributed by atoms with E-state index in [1.165, 1.54) is 18.2 Å². The molecule has 2 rings (SSSR count). The predicted octanol–water partition coefficient (Wildman–Crippen LogP) is 1.96. The Morgan fingerprint density at radius 1 is 1.35 bits per heavy atom. The highest BCUT2D eigenvalue weighted by Crippen LogP contribution is 2.12. The molecule has 0 atom stereocenters. The van der Waals surface area contributed by atoms with E-state index in [1.807, 2.05) is 11.8 Å². The zero-order valence-electron chi connectivity index (χ0n) is 11.6. The lowest BCUT2D eigenvalue weighted by molar-refractivity contribution is -0.131. The van der Waals surface area contributed by atoms with E-state index in [0.717, 1.165) is 12.8 Å². The average Bonchev–Trinajstić information content (AvgIpc) is 2.47. The third kappa shape index (κ3) is 3.56. The third-order valence-corrected chi connectivity index (χ3v) is 3.57. The Morgan fingerprint density at radius 3 is 2.65 bits per heavy atom. The van der Waals surface area contributed by atoms with E-state index >= 15 is 0 Å². The molecule has 1 N–H and O–H groups in total. The van der Waals surface area contributed by atoms with Crippen LogP contribution in [0.3, 0.4) is 0 Å². The molecule has 5 heteroatoms. The van der Waals surface area contributed by atoms with Crippen molar-refractivity contribution in [2.75, 3.05) is 13.1 Å². The average molecular weight is 278 g/mol. The number of hydrogen-bond donors (Lipinski definition) is 1. The molecule has 0 bridgehead atoms. The van der Waals surface area contributed by atoms with Gasteiger partial charge in [-0.05, 0) is 31.0 Å². The summed E-state index contributed by atoms with van der Waals surface area (Å²) < 4.78 is 13.1. The van der Waals surface area contributed by atoms with Crippen LogP contribution in [0.15, 0.2) is 24.3 Å². The topological polar surface area (TPSA) is 49.4 Å². The van der Waals surface area contributed by atoms with Gasteiger partial charge in [0.25, 0.3) is 5.91 Å². The molecular weight excluding hydrogens is 259 g/mol. The Labute approximate surface area is 118 Å². The molecule has 1 heterocycles. The number of carbonyl (C=O) groups is 2. The Kier molecular flexibility index (Phi) is 4.71. The lowest BCUT2D eigenvalue weighted by Crippen LogP contribution is -2.46. The van der Waals surface area contributed by atoms with Crippen molar-refractivity contribution >= 4 is 11.8 Å². The normalized spacial score (nSPS) is 16.0. The van der Waals surface area contributed by atoms with Gasteiger partial charge < -0.3 is 10.2 Å². The number of piperidine rings is 1. The lowest BCUT2D eigenvalue weighted by atomic mass is 10.0. The smallest absolute Gasteiger partial charge is 0.251 e. The van der Waals surface area contributed by atoms with Gasteiger partial charge >= 0.3 is 0 Å². The summed E-state index contributed by atoms with van der Waals surface area (Å²) in [7, 11) is 0. The number of benzene rings is 1. The predicted molar refractivity (Wildman–Crippen MR) is 73.8 cm³/mol. The van der Waals surface area contributed by atoms with Crippen molar-refractivity contribution in [2.45, 2.75) is 32.2 Å². The van der Waals surface area contributed by atoms with Crippen LogP contribution in [0.1, 0.15) is 36.5 Å². The first kappa shape index (κ1) is 14.5. The van der Waals surface area contributed by atoms with Crippen LogP contribution in [0.5, 0.6) is 0 Å². The van der Waals surface area contributed by atoms with E-state index in [0.29, 0.717) is 25.1 Å². The molecule has 1 aliphatic heterocycles. The summed E-state index contributed by atoms with van der Waals surface area (Å²) in [4.78, 5) is 25.4. The van der Waals surface area contributed by atoms with Crippen LogP contribution < -0.4 is 5.32 Å². The largest absolute Gasteiger partial charge is 0.349 e. The van der Waals surface area contributed by atoms with Gasteiger partial charge in [-0.3, -0.25) is 9.59 Å². The van der Waals surface area contributed by atoms with Gasteiger partial charge in [0.15, 0.2) is 0 Å². The minimum absolute atomic E-state index is 0.0478. The highest BCUT2D eigenvalue weighted by Gasteiger charge is 2.23. The summed E-state index contributed by atoms with van der Waals surface area (Å²) in [5, 5.41) is 2.90. The number of hydrogen-bond acceptors (Lipinski definition) is 2. The number of carbonyl (C=O) groups excluding carboxylic acids is 2. The molecular formula is C15H19FN2O2. The van der Waals surface area contributed by atoms with E-state index in [4.69, 9.17) is 0 Å². The minimum Gasteiger partial charge on any atom is -0.349 e. The fraction of sp³-hybridized carbons (Fsp3) is 0.467. The van der Waals surface area contributed by atoms with Gasteiger partial charge in [-0.15, -0.1) is 0 Å². The molecule has 1 aliphatic rings. The summed E-state index contributed by atoms with van der Waals surface area (Å²) in [5.41, 5.74) is 0.331. The number of likely N-dealkylation sites (tertiary alicyclic amines) is 1. The van der Waals surface area contributed by atoms with Crippen LogP contribution in [-0.2, 0) is 4.79 Å². The Bertz CT molecular complexity index is 496. The molecule has 4 nitrogen and oxygen atoms in total. The van der Waals surface area contributed by atoms with Crippen molar-refractivity contribution in [1.82, 2.24) is 10.2 Å². The molecule has 2 amide bonds. The van der Waals surface area contributed by atoms with Gasteiger partial charge in [0, 0.05) is 31.1 Å². The van der Waals surface area contributed by atoms with Crippen molar-refractivity contribution in [3.8, 4) is 0 Å². The maximum Gasteiger partial charge on any atom is 0.251 e. The molecule has 0 aromatic heterocycles. The molecule has 1 aromatic carbocycles. The monoisotopic (exact) mass is 278 g/mol. The standard InChI is InChI=1S/C15H19FN2O2/c1-2-14(19)18-8-6-13(7-9-18)17-15(20)11-4-3-5-12(16)10-11/h3-5,10,13H,2,6-9H2,1H3,(H,17,20). The highest BCUT2D eigenvalue weighted by molar-refractivity contribution is 5.94. The first-order valence-corrected chi connectivity index (χ1v) is 6.94. The summed E-state index contributed by atoms with van der Waals surface area (Å²) in [6, 6.07) is 5.70.